The number of fused-ring (bicyclic) bond motifs is 1. The molecule has 4 aromatic rings. The first-order chi connectivity index (χ1) is 15.0. The van der Waals surface area contributed by atoms with Gasteiger partial charge in [0.2, 0.25) is 0 Å². The van der Waals surface area contributed by atoms with Crippen LogP contribution in [0.15, 0.2) is 64.1 Å². The summed E-state index contributed by atoms with van der Waals surface area (Å²) in [6, 6.07) is 14.8. The van der Waals surface area contributed by atoms with Gasteiger partial charge in [-0.25, -0.2) is 10.4 Å². The molecule has 0 atom stereocenters. The molecule has 0 saturated carbocycles. The number of benzene rings is 2. The molecule has 0 aliphatic rings. The fourth-order valence-electron chi connectivity index (χ4n) is 3.36. The molecule has 9 heteroatoms. The number of furan rings is 1. The van der Waals surface area contributed by atoms with Crippen molar-refractivity contribution >= 4 is 28.8 Å². The number of nitrogens with zero attached hydrogens (tertiary/aromatic N) is 4. The number of carbonyl (C=O) groups excluding carboxylic acids is 1. The molecule has 0 fully saturated rings. The zero-order chi connectivity index (χ0) is 22.0. The molecular weight excluding hydrogens is 398 g/mol. The molecule has 4 rings (SSSR count). The maximum absolute atomic E-state index is 12.4. The van der Waals surface area contributed by atoms with Gasteiger partial charge >= 0.3 is 0 Å². The monoisotopic (exact) mass is 417 g/mol. The van der Waals surface area contributed by atoms with E-state index in [4.69, 9.17) is 4.42 Å². The lowest BCUT2D eigenvalue weighted by Crippen LogP contribution is -2.17. The van der Waals surface area contributed by atoms with Crippen LogP contribution < -0.4 is 5.43 Å². The van der Waals surface area contributed by atoms with Crippen molar-refractivity contribution in [3.05, 3.63) is 81.9 Å². The lowest BCUT2D eigenvalue weighted by molar-refractivity contribution is -0.384. The van der Waals surface area contributed by atoms with Gasteiger partial charge in [-0.05, 0) is 44.2 Å². The highest BCUT2D eigenvalue weighted by Gasteiger charge is 2.11. The van der Waals surface area contributed by atoms with E-state index in [-0.39, 0.29) is 11.6 Å². The second kappa shape index (κ2) is 8.23. The Balaban J connectivity index is 1.45. The molecule has 0 unspecified atom stereocenters. The fraction of sp³-hybridized carbons (Fsp3) is 0.136. The molecule has 1 amide bonds. The van der Waals surface area contributed by atoms with E-state index < -0.39 is 4.92 Å². The van der Waals surface area contributed by atoms with Gasteiger partial charge in [-0.2, -0.15) is 5.10 Å². The molecule has 31 heavy (non-hydrogen) atoms. The minimum Gasteiger partial charge on any atom is -0.455 e. The second-order valence-electron chi connectivity index (χ2n) is 6.82. The molecule has 2 aromatic heterocycles. The van der Waals surface area contributed by atoms with Gasteiger partial charge in [0, 0.05) is 29.8 Å². The average Bonchev–Trinajstić information content (AvgIpc) is 3.36. The molecule has 2 aromatic carbocycles. The van der Waals surface area contributed by atoms with Crippen molar-refractivity contribution in [2.75, 3.05) is 0 Å². The van der Waals surface area contributed by atoms with Gasteiger partial charge in [-0.3, -0.25) is 14.9 Å². The van der Waals surface area contributed by atoms with Gasteiger partial charge in [0.15, 0.2) is 0 Å². The number of amides is 1. The van der Waals surface area contributed by atoms with E-state index in [1.54, 1.807) is 36.4 Å². The van der Waals surface area contributed by atoms with E-state index >= 15 is 0 Å². The zero-order valence-corrected chi connectivity index (χ0v) is 16.9. The molecule has 0 aliphatic heterocycles. The minimum atomic E-state index is -0.463. The number of aryl methyl sites for hydroxylation is 2. The summed E-state index contributed by atoms with van der Waals surface area (Å²) in [7, 11) is 0. The highest BCUT2D eigenvalue weighted by atomic mass is 16.6. The van der Waals surface area contributed by atoms with Gasteiger partial charge < -0.3 is 8.98 Å². The number of hydrazone groups is 1. The van der Waals surface area contributed by atoms with Crippen molar-refractivity contribution in [3.8, 4) is 11.3 Å². The average molecular weight is 417 g/mol. The first-order valence-corrected chi connectivity index (χ1v) is 9.61. The molecule has 0 aliphatic carbocycles. The van der Waals surface area contributed by atoms with Crippen LogP contribution in [0.1, 0.15) is 28.9 Å². The highest BCUT2D eigenvalue weighted by molar-refractivity contribution is 5.97. The summed E-state index contributed by atoms with van der Waals surface area (Å²) >= 11 is 0. The van der Waals surface area contributed by atoms with E-state index in [0.717, 1.165) is 23.4 Å². The summed E-state index contributed by atoms with van der Waals surface area (Å²) in [5.74, 6) is 1.39. The van der Waals surface area contributed by atoms with Crippen molar-refractivity contribution in [3.63, 3.8) is 0 Å². The molecule has 0 bridgehead atoms. The summed E-state index contributed by atoms with van der Waals surface area (Å²) < 4.78 is 7.72. The third-order valence-corrected chi connectivity index (χ3v) is 4.84. The van der Waals surface area contributed by atoms with E-state index in [2.05, 4.69) is 20.1 Å². The van der Waals surface area contributed by atoms with Crippen LogP contribution in [0.4, 0.5) is 5.69 Å². The smallest absolute Gasteiger partial charge is 0.271 e. The molecular formula is C22H19N5O4. The van der Waals surface area contributed by atoms with Crippen LogP contribution in [0.2, 0.25) is 0 Å². The molecule has 9 nitrogen and oxygen atoms in total. The van der Waals surface area contributed by atoms with Crippen LogP contribution in [0.25, 0.3) is 22.4 Å². The Labute approximate surface area is 177 Å². The van der Waals surface area contributed by atoms with Crippen LogP contribution in [0, 0.1) is 17.0 Å². The Morgan fingerprint density at radius 3 is 2.87 bits per heavy atom. The number of rotatable bonds is 6. The minimum absolute atomic E-state index is 0.0210. The molecule has 0 spiro atoms. The third-order valence-electron chi connectivity index (χ3n) is 4.84. The zero-order valence-electron chi connectivity index (χ0n) is 16.9. The second-order valence-corrected chi connectivity index (χ2v) is 6.82. The Kier molecular flexibility index (Phi) is 5.31. The topological polar surface area (TPSA) is 116 Å². The Bertz CT molecular complexity index is 1320. The van der Waals surface area contributed by atoms with Gasteiger partial charge in [0.25, 0.3) is 11.6 Å². The predicted octanol–water partition coefficient (Wildman–Crippen LogP) is 4.30. The Hall–Kier alpha value is -4.27. The molecule has 1 N–H and O–H groups in total. The molecule has 2 heterocycles. The summed E-state index contributed by atoms with van der Waals surface area (Å²) in [6.07, 6.45) is 1.37. The predicted molar refractivity (Wildman–Crippen MR) is 116 cm³/mol. The number of nitro benzene ring substituents is 1. The third kappa shape index (κ3) is 4.06. The maximum atomic E-state index is 12.4. The van der Waals surface area contributed by atoms with Crippen LogP contribution in [-0.2, 0) is 6.54 Å². The number of nitro groups is 1. The molecule has 0 saturated heterocycles. The first-order valence-electron chi connectivity index (χ1n) is 9.61. The number of hydrogen-bond acceptors (Lipinski definition) is 6. The van der Waals surface area contributed by atoms with Gasteiger partial charge in [0.1, 0.15) is 17.3 Å². The number of imidazole rings is 1. The summed E-state index contributed by atoms with van der Waals surface area (Å²) in [6.45, 7) is 4.78. The van der Waals surface area contributed by atoms with E-state index in [1.807, 2.05) is 19.9 Å². The van der Waals surface area contributed by atoms with Crippen molar-refractivity contribution in [2.45, 2.75) is 20.4 Å². The van der Waals surface area contributed by atoms with Crippen molar-refractivity contribution in [2.24, 2.45) is 5.10 Å². The van der Waals surface area contributed by atoms with Gasteiger partial charge in [-0.15, -0.1) is 0 Å². The van der Waals surface area contributed by atoms with Crippen molar-refractivity contribution < 1.29 is 14.1 Å². The number of non-ortho nitro benzene ring substituents is 1. The standard InChI is InChI=1S/C22H19N5O4/c1-3-26-14(2)24-19-12-16(7-9-20(19)26)22(28)25-23-13-18-8-10-21(31-18)15-5-4-6-17(11-15)27(29)30/h4-13H,3H2,1-2H3,(H,25,28)/b23-13-. The largest absolute Gasteiger partial charge is 0.455 e. The number of nitrogens with one attached hydrogen (secondary N) is 1. The number of carbonyl (C=O) groups is 1. The summed E-state index contributed by atoms with van der Waals surface area (Å²) in [4.78, 5) is 27.4. The van der Waals surface area contributed by atoms with E-state index in [9.17, 15) is 14.9 Å². The van der Waals surface area contributed by atoms with E-state index in [0.29, 0.717) is 22.6 Å². The quantitative estimate of drug-likeness (QED) is 0.285. The lowest BCUT2D eigenvalue weighted by atomic mass is 10.1. The molecule has 156 valence electrons. The van der Waals surface area contributed by atoms with Crippen LogP contribution in [-0.4, -0.2) is 26.6 Å². The van der Waals surface area contributed by atoms with Crippen molar-refractivity contribution in [1.29, 1.82) is 0 Å². The Morgan fingerprint density at radius 2 is 2.10 bits per heavy atom. The van der Waals surface area contributed by atoms with Gasteiger partial charge in [-0.1, -0.05) is 12.1 Å². The van der Waals surface area contributed by atoms with Crippen LogP contribution in [0.5, 0.6) is 0 Å². The number of hydrogen-bond donors (Lipinski definition) is 1. The van der Waals surface area contributed by atoms with Crippen LogP contribution >= 0.6 is 0 Å². The summed E-state index contributed by atoms with van der Waals surface area (Å²) in [5, 5.41) is 14.9. The Morgan fingerprint density at radius 1 is 1.26 bits per heavy atom. The van der Waals surface area contributed by atoms with Crippen LogP contribution in [0.3, 0.4) is 0 Å². The lowest BCUT2D eigenvalue weighted by Gasteiger charge is -2.03. The maximum Gasteiger partial charge on any atom is 0.271 e. The highest BCUT2D eigenvalue weighted by Crippen LogP contribution is 2.25. The normalized spacial score (nSPS) is 11.3. The van der Waals surface area contributed by atoms with Gasteiger partial charge in [0.05, 0.1) is 22.2 Å². The van der Waals surface area contributed by atoms with E-state index in [1.165, 1.54) is 18.3 Å². The van der Waals surface area contributed by atoms with Crippen molar-refractivity contribution in [1.82, 2.24) is 15.0 Å². The SMILES string of the molecule is CCn1c(C)nc2cc(C(=O)N/N=C\c3ccc(-c4cccc([N+](=O)[O-])c4)o3)ccc21. The first kappa shape index (κ1) is 20.0. The summed E-state index contributed by atoms with van der Waals surface area (Å²) in [5.41, 5.74) is 5.20. The molecule has 0 radical (unpaired) electrons. The number of aromatic nitrogens is 2. The fourth-order valence-corrected chi connectivity index (χ4v) is 3.36.